The Balaban J connectivity index is 1.18. The lowest BCUT2D eigenvalue weighted by atomic mass is 9.81. The third-order valence-electron chi connectivity index (χ3n) is 11.5. The summed E-state index contributed by atoms with van der Waals surface area (Å²) in [6, 6.07) is 30.6. The van der Waals surface area contributed by atoms with E-state index in [1.54, 1.807) is 0 Å². The van der Waals surface area contributed by atoms with E-state index in [-0.39, 0.29) is 5.41 Å². The Bertz CT molecular complexity index is 2750. The standard InChI is InChI=1S/C52H45NO2/c1-7-15-44-41(9-3)42-24-23-36(31-45(42)52(44,5)6)39-27-38(34-17-11-10-12-18-34)28-40(29-39)49-25-26-51(55-49)53-46(16-8-2)33(4)43-30-37-22-21-35-19-13-14-20-48(35)54-50(37)32-47(43)53/h7-9,11,13-32H,1,10,12H2,2-6H3/b16-8-,41-9-,44-15+. The van der Waals surface area contributed by atoms with Gasteiger partial charge in [0.15, 0.2) is 0 Å². The van der Waals surface area contributed by atoms with Crippen LogP contribution in [0, 0.1) is 6.92 Å². The number of benzene rings is 4. The largest absolute Gasteiger partial charge is 0.456 e. The van der Waals surface area contributed by atoms with Crippen molar-refractivity contribution in [3.8, 4) is 39.8 Å². The van der Waals surface area contributed by atoms with E-state index < -0.39 is 0 Å². The van der Waals surface area contributed by atoms with Crippen molar-refractivity contribution in [2.75, 3.05) is 0 Å². The van der Waals surface area contributed by atoms with Crippen molar-refractivity contribution in [3.05, 3.63) is 179 Å². The Labute approximate surface area is 324 Å². The highest BCUT2D eigenvalue weighted by Gasteiger charge is 2.37. The Morgan fingerprint density at radius 3 is 2.40 bits per heavy atom. The summed E-state index contributed by atoms with van der Waals surface area (Å²) in [5.74, 6) is 3.25. The van der Waals surface area contributed by atoms with Gasteiger partial charge in [0.2, 0.25) is 5.88 Å². The summed E-state index contributed by atoms with van der Waals surface area (Å²) in [7, 11) is 0. The van der Waals surface area contributed by atoms with E-state index in [4.69, 9.17) is 9.15 Å². The molecule has 3 aliphatic rings. The third-order valence-corrected chi connectivity index (χ3v) is 11.5. The van der Waals surface area contributed by atoms with Crippen LogP contribution < -0.4 is 4.74 Å². The number of hydrogen-bond donors (Lipinski definition) is 0. The number of hydrogen-bond acceptors (Lipinski definition) is 2. The van der Waals surface area contributed by atoms with Gasteiger partial charge in [0.1, 0.15) is 17.3 Å². The van der Waals surface area contributed by atoms with Crippen molar-refractivity contribution in [3.63, 3.8) is 0 Å². The predicted molar refractivity (Wildman–Crippen MR) is 233 cm³/mol. The fourth-order valence-electron chi connectivity index (χ4n) is 8.69. The number of allylic oxidation sites excluding steroid dienone is 10. The maximum absolute atomic E-state index is 6.91. The zero-order valence-corrected chi connectivity index (χ0v) is 32.2. The van der Waals surface area contributed by atoms with Gasteiger partial charge >= 0.3 is 0 Å². The van der Waals surface area contributed by atoms with Crippen LogP contribution in [0.1, 0.15) is 79.6 Å². The van der Waals surface area contributed by atoms with Gasteiger partial charge in [-0.3, -0.25) is 4.57 Å². The molecule has 0 N–H and O–H groups in total. The molecule has 0 fully saturated rings. The molecular weight excluding hydrogens is 671 g/mol. The predicted octanol–water partition coefficient (Wildman–Crippen LogP) is 14.7. The van der Waals surface area contributed by atoms with Crippen LogP contribution in [-0.2, 0) is 5.41 Å². The quantitative estimate of drug-likeness (QED) is 0.171. The first kappa shape index (κ1) is 34.4. The van der Waals surface area contributed by atoms with Crippen molar-refractivity contribution in [1.29, 1.82) is 0 Å². The highest BCUT2D eigenvalue weighted by atomic mass is 16.5. The van der Waals surface area contributed by atoms with E-state index in [0.717, 1.165) is 74.8 Å². The molecule has 3 nitrogen and oxygen atoms in total. The van der Waals surface area contributed by atoms with Gasteiger partial charge in [0.05, 0.1) is 11.2 Å². The lowest BCUT2D eigenvalue weighted by Crippen LogP contribution is -2.15. The normalized spacial score (nSPS) is 17.0. The summed E-state index contributed by atoms with van der Waals surface area (Å²) in [6.45, 7) is 15.0. The van der Waals surface area contributed by atoms with E-state index in [1.165, 1.54) is 44.5 Å². The van der Waals surface area contributed by atoms with Crippen LogP contribution in [0.5, 0.6) is 11.5 Å². The van der Waals surface area contributed by atoms with Crippen molar-refractivity contribution in [2.45, 2.75) is 52.9 Å². The first-order valence-corrected chi connectivity index (χ1v) is 19.3. The van der Waals surface area contributed by atoms with Gasteiger partial charge in [-0.05, 0) is 132 Å². The highest BCUT2D eigenvalue weighted by molar-refractivity contribution is 5.95. The van der Waals surface area contributed by atoms with Crippen LogP contribution in [0.4, 0.5) is 0 Å². The first-order chi connectivity index (χ1) is 26.8. The number of fused-ring (bicyclic) bond motifs is 4. The molecule has 1 aliphatic heterocycles. The topological polar surface area (TPSA) is 27.3 Å². The average molecular weight is 716 g/mol. The molecule has 0 radical (unpaired) electrons. The van der Waals surface area contributed by atoms with Crippen LogP contribution in [0.3, 0.4) is 0 Å². The number of ether oxygens (including phenoxy) is 1. The van der Waals surface area contributed by atoms with Crippen LogP contribution in [0.2, 0.25) is 0 Å². The Morgan fingerprint density at radius 1 is 0.782 bits per heavy atom. The van der Waals surface area contributed by atoms with E-state index in [1.807, 2.05) is 24.3 Å². The number of furan rings is 1. The van der Waals surface area contributed by atoms with E-state index >= 15 is 0 Å². The molecule has 270 valence electrons. The van der Waals surface area contributed by atoms with Crippen LogP contribution in [0.15, 0.2) is 144 Å². The SMILES string of the molecule is C=C/C=C1\C(=C/C)c2ccc(-c3cc(C4=CCCC=C4)cc(-c4ccc(-n5c(/C=C\C)c(C)c6cc7c(cc65)Oc5ccccc5C=C7)o4)c3)cc2C1(C)C. The summed E-state index contributed by atoms with van der Waals surface area (Å²) in [4.78, 5) is 0. The number of nitrogens with zero attached hydrogens (tertiary/aromatic N) is 1. The van der Waals surface area contributed by atoms with Gasteiger partial charge in [0.25, 0.3) is 0 Å². The molecule has 6 aromatic rings. The van der Waals surface area contributed by atoms with Crippen LogP contribution in [-0.4, -0.2) is 4.57 Å². The zero-order chi connectivity index (χ0) is 37.8. The van der Waals surface area contributed by atoms with E-state index in [9.17, 15) is 0 Å². The van der Waals surface area contributed by atoms with E-state index in [0.29, 0.717) is 0 Å². The molecule has 0 spiro atoms. The maximum Gasteiger partial charge on any atom is 0.205 e. The molecule has 0 unspecified atom stereocenters. The van der Waals surface area contributed by atoms with Crippen molar-refractivity contribution < 1.29 is 9.15 Å². The fraction of sp³-hybridized carbons (Fsp3) is 0.154. The minimum absolute atomic E-state index is 0.141. The summed E-state index contributed by atoms with van der Waals surface area (Å²) in [5, 5.41) is 1.16. The van der Waals surface area contributed by atoms with Gasteiger partial charge < -0.3 is 9.15 Å². The van der Waals surface area contributed by atoms with E-state index in [2.05, 4.69) is 167 Å². The maximum atomic E-state index is 6.91. The van der Waals surface area contributed by atoms with Gasteiger partial charge in [-0.2, -0.15) is 0 Å². The molecule has 3 heteroatoms. The van der Waals surface area contributed by atoms with Crippen molar-refractivity contribution in [1.82, 2.24) is 4.57 Å². The van der Waals surface area contributed by atoms with Gasteiger partial charge in [-0.25, -0.2) is 0 Å². The summed E-state index contributed by atoms with van der Waals surface area (Å²) in [5.41, 5.74) is 16.3. The smallest absolute Gasteiger partial charge is 0.205 e. The number of rotatable bonds is 6. The van der Waals surface area contributed by atoms with Crippen molar-refractivity contribution >= 4 is 40.3 Å². The monoisotopic (exact) mass is 715 g/mol. The summed E-state index contributed by atoms with van der Waals surface area (Å²) in [6.07, 6.45) is 23.8. The van der Waals surface area contributed by atoms with Crippen LogP contribution >= 0.6 is 0 Å². The second-order valence-corrected chi connectivity index (χ2v) is 15.2. The summed E-state index contributed by atoms with van der Waals surface area (Å²) < 4.78 is 15.7. The highest BCUT2D eigenvalue weighted by Crippen LogP contribution is 2.51. The first-order valence-electron chi connectivity index (χ1n) is 19.3. The average Bonchev–Trinajstić information content (AvgIpc) is 3.80. The molecule has 2 aromatic heterocycles. The third kappa shape index (κ3) is 5.74. The lowest BCUT2D eigenvalue weighted by molar-refractivity contribution is 0.482. The van der Waals surface area contributed by atoms with Crippen molar-refractivity contribution in [2.24, 2.45) is 0 Å². The minimum Gasteiger partial charge on any atom is -0.456 e. The second-order valence-electron chi connectivity index (χ2n) is 15.2. The van der Waals surface area contributed by atoms with Crippen LogP contribution in [0.25, 0.3) is 68.6 Å². The molecular formula is C52H45NO2. The number of aromatic nitrogens is 1. The van der Waals surface area contributed by atoms with Gasteiger partial charge in [-0.1, -0.05) is 105 Å². The number of para-hydroxylation sites is 1. The zero-order valence-electron chi connectivity index (χ0n) is 32.2. The van der Waals surface area contributed by atoms with Gasteiger partial charge in [0, 0.05) is 39.6 Å². The second kappa shape index (κ2) is 13.5. The minimum atomic E-state index is -0.141. The molecule has 9 rings (SSSR count). The molecule has 0 bridgehead atoms. The Morgan fingerprint density at radius 2 is 1.60 bits per heavy atom. The molecule has 0 atom stereocenters. The molecule has 4 aromatic carbocycles. The molecule has 0 amide bonds. The Kier molecular flexibility index (Phi) is 8.46. The molecule has 3 heterocycles. The fourth-order valence-corrected chi connectivity index (χ4v) is 8.69. The van der Waals surface area contributed by atoms with Gasteiger partial charge in [-0.15, -0.1) is 0 Å². The molecule has 0 saturated carbocycles. The number of aryl methyl sites for hydroxylation is 1. The molecule has 55 heavy (non-hydrogen) atoms. The lowest BCUT2D eigenvalue weighted by Gasteiger charge is -2.22. The summed E-state index contributed by atoms with van der Waals surface area (Å²) >= 11 is 0. The molecule has 2 aliphatic carbocycles. The molecule has 0 saturated heterocycles. The Hall–Kier alpha value is -6.32.